The molecule has 6 nitrogen and oxygen atoms in total. The number of aromatic nitrogens is 1. The molecule has 1 fully saturated rings. The van der Waals surface area contributed by atoms with Gasteiger partial charge in [0, 0.05) is 26.3 Å². The van der Waals surface area contributed by atoms with Gasteiger partial charge >= 0.3 is 0 Å². The normalized spacial score (nSPS) is 15.9. The van der Waals surface area contributed by atoms with Gasteiger partial charge in [-0.2, -0.15) is 4.31 Å². The number of sulfonamides is 1. The Hall–Kier alpha value is -1.86. The number of nitrogens with zero attached hydrogens (tertiary/aromatic N) is 3. The first-order valence-electron chi connectivity index (χ1n) is 7.69. The van der Waals surface area contributed by atoms with Crippen molar-refractivity contribution in [2.75, 3.05) is 25.0 Å². The Balaban J connectivity index is 1.73. The first-order chi connectivity index (χ1) is 11.0. The van der Waals surface area contributed by atoms with E-state index in [9.17, 15) is 8.42 Å². The van der Waals surface area contributed by atoms with Gasteiger partial charge in [-0.25, -0.2) is 13.4 Å². The van der Waals surface area contributed by atoms with E-state index >= 15 is 0 Å². The molecule has 0 atom stereocenters. The van der Waals surface area contributed by atoms with Gasteiger partial charge in [-0.3, -0.25) is 0 Å². The minimum absolute atomic E-state index is 0.255. The maximum atomic E-state index is 12.5. The van der Waals surface area contributed by atoms with Crippen LogP contribution in [0.4, 0.5) is 5.82 Å². The van der Waals surface area contributed by atoms with E-state index in [2.05, 4.69) is 4.98 Å². The Kier molecular flexibility index (Phi) is 4.41. The summed E-state index contributed by atoms with van der Waals surface area (Å²) in [5.41, 5.74) is 0. The lowest BCUT2D eigenvalue weighted by Crippen LogP contribution is -2.28. The molecule has 124 valence electrons. The maximum Gasteiger partial charge on any atom is 0.244 e. The van der Waals surface area contributed by atoms with Gasteiger partial charge < -0.3 is 9.32 Å². The van der Waals surface area contributed by atoms with Gasteiger partial charge in [0.25, 0.3) is 0 Å². The number of aryl methyl sites for hydroxylation is 1. The van der Waals surface area contributed by atoms with E-state index in [1.165, 1.54) is 10.5 Å². The van der Waals surface area contributed by atoms with E-state index in [0.29, 0.717) is 25.5 Å². The van der Waals surface area contributed by atoms with Gasteiger partial charge in [0.2, 0.25) is 10.0 Å². The molecule has 2 aromatic heterocycles. The molecule has 2 aromatic rings. The zero-order valence-corrected chi connectivity index (χ0v) is 14.2. The van der Waals surface area contributed by atoms with Crippen LogP contribution in [-0.2, 0) is 16.6 Å². The molecule has 1 saturated heterocycles. The van der Waals surface area contributed by atoms with Gasteiger partial charge in [-0.05, 0) is 44.0 Å². The van der Waals surface area contributed by atoms with Crippen molar-refractivity contribution < 1.29 is 12.8 Å². The zero-order valence-electron chi connectivity index (χ0n) is 13.4. The molecule has 3 rings (SSSR count). The number of rotatable bonds is 5. The number of pyridine rings is 1. The topological polar surface area (TPSA) is 66.7 Å². The second kappa shape index (κ2) is 6.33. The summed E-state index contributed by atoms with van der Waals surface area (Å²) in [7, 11) is -1.51. The largest absolute Gasteiger partial charge is 0.464 e. The van der Waals surface area contributed by atoms with Crippen molar-refractivity contribution in [3.05, 3.63) is 42.0 Å². The molecule has 0 spiro atoms. The fourth-order valence-corrected chi connectivity index (χ4v) is 4.18. The number of hydrogen-bond acceptors (Lipinski definition) is 5. The van der Waals surface area contributed by atoms with E-state index in [1.807, 2.05) is 31.0 Å². The van der Waals surface area contributed by atoms with Crippen LogP contribution >= 0.6 is 0 Å². The zero-order chi connectivity index (χ0) is 16.4. The average Bonchev–Trinajstić information content (AvgIpc) is 3.19. The van der Waals surface area contributed by atoms with Crippen molar-refractivity contribution in [3.8, 4) is 0 Å². The fourth-order valence-electron chi connectivity index (χ4n) is 2.71. The van der Waals surface area contributed by atoms with Crippen molar-refractivity contribution in [2.24, 2.45) is 0 Å². The lowest BCUT2D eigenvalue weighted by atomic mass is 10.4. The van der Waals surface area contributed by atoms with Crippen LogP contribution in [0.3, 0.4) is 0 Å². The van der Waals surface area contributed by atoms with Crippen LogP contribution in [-0.4, -0.2) is 37.8 Å². The van der Waals surface area contributed by atoms with Gasteiger partial charge in [0.05, 0.1) is 6.54 Å². The molecule has 0 aliphatic carbocycles. The van der Waals surface area contributed by atoms with Crippen LogP contribution in [0.1, 0.15) is 24.4 Å². The van der Waals surface area contributed by atoms with Crippen molar-refractivity contribution >= 4 is 15.8 Å². The van der Waals surface area contributed by atoms with Crippen molar-refractivity contribution in [1.29, 1.82) is 0 Å². The third kappa shape index (κ3) is 3.40. The van der Waals surface area contributed by atoms with Crippen LogP contribution in [0.25, 0.3) is 0 Å². The van der Waals surface area contributed by atoms with Crippen molar-refractivity contribution in [2.45, 2.75) is 31.2 Å². The molecule has 0 unspecified atom stereocenters. The predicted octanol–water partition coefficient (Wildman–Crippen LogP) is 2.40. The molecule has 0 bridgehead atoms. The second-order valence-electron chi connectivity index (χ2n) is 5.83. The summed E-state index contributed by atoms with van der Waals surface area (Å²) in [6.45, 7) is 3.68. The quantitative estimate of drug-likeness (QED) is 0.839. The molecule has 3 heterocycles. The standard InChI is InChI=1S/C16H21N3O3S/c1-13-5-6-14(22-13)12-18(2)16-8-7-15(11-17-16)23(20,21)19-9-3-4-10-19/h5-8,11H,3-4,9-10,12H2,1-2H3. The Labute approximate surface area is 136 Å². The molecule has 23 heavy (non-hydrogen) atoms. The molecule has 0 amide bonds. The Morgan fingerprint density at radius 2 is 1.96 bits per heavy atom. The van der Waals surface area contributed by atoms with Gasteiger partial charge in [-0.15, -0.1) is 0 Å². The lowest BCUT2D eigenvalue weighted by molar-refractivity contribution is 0.476. The third-order valence-corrected chi connectivity index (χ3v) is 5.89. The van der Waals surface area contributed by atoms with Gasteiger partial charge in [0.15, 0.2) is 0 Å². The second-order valence-corrected chi connectivity index (χ2v) is 7.77. The maximum absolute atomic E-state index is 12.5. The highest BCUT2D eigenvalue weighted by Gasteiger charge is 2.27. The molecule has 1 aliphatic rings. The predicted molar refractivity (Wildman–Crippen MR) is 87.8 cm³/mol. The summed E-state index contributed by atoms with van der Waals surface area (Å²) in [6.07, 6.45) is 3.29. The Morgan fingerprint density at radius 1 is 1.22 bits per heavy atom. The smallest absolute Gasteiger partial charge is 0.244 e. The van der Waals surface area contributed by atoms with E-state index < -0.39 is 10.0 Å². The summed E-state index contributed by atoms with van der Waals surface area (Å²) in [5, 5.41) is 0. The summed E-state index contributed by atoms with van der Waals surface area (Å²) < 4.78 is 32.0. The molecule has 0 radical (unpaired) electrons. The van der Waals surface area contributed by atoms with Crippen LogP contribution in [0.5, 0.6) is 0 Å². The first-order valence-corrected chi connectivity index (χ1v) is 9.13. The van der Waals surface area contributed by atoms with Crippen molar-refractivity contribution in [3.63, 3.8) is 0 Å². The Bertz CT molecular complexity index is 762. The van der Waals surface area contributed by atoms with Crippen LogP contribution in [0.15, 0.2) is 39.8 Å². The molecule has 1 aliphatic heterocycles. The highest BCUT2D eigenvalue weighted by atomic mass is 32.2. The first kappa shape index (κ1) is 16.0. The lowest BCUT2D eigenvalue weighted by Gasteiger charge is -2.18. The third-order valence-electron chi connectivity index (χ3n) is 4.00. The van der Waals surface area contributed by atoms with Crippen LogP contribution in [0.2, 0.25) is 0 Å². The van der Waals surface area contributed by atoms with Gasteiger partial charge in [-0.1, -0.05) is 0 Å². The molecule has 0 N–H and O–H groups in total. The summed E-state index contributed by atoms with van der Waals surface area (Å²) in [4.78, 5) is 6.47. The number of anilines is 1. The highest BCUT2D eigenvalue weighted by Crippen LogP contribution is 2.22. The fraction of sp³-hybridized carbons (Fsp3) is 0.438. The summed E-state index contributed by atoms with van der Waals surface area (Å²) in [5.74, 6) is 2.42. The van der Waals surface area contributed by atoms with Gasteiger partial charge in [0.1, 0.15) is 22.2 Å². The molecular weight excluding hydrogens is 314 g/mol. The van der Waals surface area contributed by atoms with E-state index in [0.717, 1.165) is 24.4 Å². The van der Waals surface area contributed by atoms with E-state index in [4.69, 9.17) is 4.42 Å². The van der Waals surface area contributed by atoms with Crippen LogP contribution in [0, 0.1) is 6.92 Å². The number of hydrogen-bond donors (Lipinski definition) is 0. The minimum Gasteiger partial charge on any atom is -0.464 e. The average molecular weight is 335 g/mol. The van der Waals surface area contributed by atoms with Crippen molar-refractivity contribution in [1.82, 2.24) is 9.29 Å². The van der Waals surface area contributed by atoms with Crippen LogP contribution < -0.4 is 4.90 Å². The highest BCUT2D eigenvalue weighted by molar-refractivity contribution is 7.89. The molecular formula is C16H21N3O3S. The molecule has 7 heteroatoms. The molecule has 0 saturated carbocycles. The molecule has 0 aromatic carbocycles. The monoisotopic (exact) mass is 335 g/mol. The summed E-state index contributed by atoms with van der Waals surface area (Å²) in [6, 6.07) is 7.21. The minimum atomic E-state index is -3.40. The van der Waals surface area contributed by atoms with E-state index in [1.54, 1.807) is 12.1 Å². The SMILES string of the molecule is Cc1ccc(CN(C)c2ccc(S(=O)(=O)N3CCCC3)cn2)o1. The van der Waals surface area contributed by atoms with E-state index in [-0.39, 0.29) is 4.90 Å². The Morgan fingerprint density at radius 3 is 2.52 bits per heavy atom. The number of furan rings is 1. The summed E-state index contributed by atoms with van der Waals surface area (Å²) >= 11 is 0.